The highest BCUT2D eigenvalue weighted by molar-refractivity contribution is 7.09. The number of hydrogen-bond acceptors (Lipinski definition) is 4. The van der Waals surface area contributed by atoms with Crippen molar-refractivity contribution in [3.8, 4) is 5.75 Å². The van der Waals surface area contributed by atoms with Crippen molar-refractivity contribution < 1.29 is 13.9 Å². The van der Waals surface area contributed by atoms with Crippen molar-refractivity contribution in [1.82, 2.24) is 5.32 Å². The van der Waals surface area contributed by atoms with Gasteiger partial charge in [0.1, 0.15) is 17.1 Å². The van der Waals surface area contributed by atoms with E-state index in [9.17, 15) is 4.79 Å². The standard InChI is InChI=1S/C21H23NO3S/c1-12(9-19(23)22-11-16-7-6-8-26-16)17-10-18-13(2)15(4)25-21(18)14(3)20(17)24-5/h6-10H,11H2,1-5H3,(H,22,23)/b12-9+. The second-order valence-electron chi connectivity index (χ2n) is 6.37. The average Bonchev–Trinajstić information content (AvgIpc) is 3.22. The van der Waals surface area contributed by atoms with Crippen molar-refractivity contribution in [2.24, 2.45) is 0 Å². The molecule has 0 aliphatic rings. The second kappa shape index (κ2) is 7.38. The van der Waals surface area contributed by atoms with Gasteiger partial charge in [-0.25, -0.2) is 0 Å². The number of aryl methyl sites for hydroxylation is 3. The summed E-state index contributed by atoms with van der Waals surface area (Å²) >= 11 is 1.63. The van der Waals surface area contributed by atoms with Gasteiger partial charge in [0, 0.05) is 27.5 Å². The molecule has 3 aromatic rings. The molecule has 0 radical (unpaired) electrons. The first-order valence-corrected chi connectivity index (χ1v) is 9.36. The SMILES string of the molecule is COc1c(/C(C)=C/C(=O)NCc2cccs2)cc2c(C)c(C)oc2c1C. The Balaban J connectivity index is 1.94. The van der Waals surface area contributed by atoms with Gasteiger partial charge < -0.3 is 14.5 Å². The van der Waals surface area contributed by atoms with E-state index >= 15 is 0 Å². The van der Waals surface area contributed by atoms with Gasteiger partial charge in [0.2, 0.25) is 5.91 Å². The zero-order valence-corrected chi connectivity index (χ0v) is 16.5. The molecule has 2 aromatic heterocycles. The number of nitrogens with one attached hydrogen (secondary N) is 1. The molecule has 3 rings (SSSR count). The number of furan rings is 1. The van der Waals surface area contributed by atoms with Crippen LogP contribution in [0.15, 0.2) is 34.1 Å². The molecule has 0 bridgehead atoms. The summed E-state index contributed by atoms with van der Waals surface area (Å²) in [6.45, 7) is 8.45. The highest BCUT2D eigenvalue weighted by atomic mass is 32.1. The molecule has 0 unspecified atom stereocenters. The number of fused-ring (bicyclic) bond motifs is 1. The van der Waals surface area contributed by atoms with Crippen molar-refractivity contribution in [3.05, 3.63) is 57.0 Å². The third-order valence-electron chi connectivity index (χ3n) is 4.64. The molecule has 4 nitrogen and oxygen atoms in total. The molecule has 1 aromatic carbocycles. The number of amides is 1. The lowest BCUT2D eigenvalue weighted by atomic mass is 9.98. The smallest absolute Gasteiger partial charge is 0.244 e. The van der Waals surface area contributed by atoms with Crippen LogP contribution in [0.4, 0.5) is 0 Å². The van der Waals surface area contributed by atoms with E-state index < -0.39 is 0 Å². The number of rotatable bonds is 5. The van der Waals surface area contributed by atoms with Gasteiger partial charge in [-0.2, -0.15) is 0 Å². The van der Waals surface area contributed by atoms with Crippen LogP contribution >= 0.6 is 11.3 Å². The maximum Gasteiger partial charge on any atom is 0.244 e. The third kappa shape index (κ3) is 3.40. The van der Waals surface area contributed by atoms with Crippen LogP contribution in [-0.4, -0.2) is 13.0 Å². The monoisotopic (exact) mass is 369 g/mol. The minimum absolute atomic E-state index is 0.115. The highest BCUT2D eigenvalue weighted by Gasteiger charge is 2.18. The Morgan fingerprint density at radius 3 is 2.73 bits per heavy atom. The van der Waals surface area contributed by atoms with E-state index in [4.69, 9.17) is 9.15 Å². The van der Waals surface area contributed by atoms with E-state index in [2.05, 4.69) is 5.32 Å². The summed E-state index contributed by atoms with van der Waals surface area (Å²) in [5.41, 5.74) is 4.67. The molecule has 0 atom stereocenters. The Kier molecular flexibility index (Phi) is 5.18. The van der Waals surface area contributed by atoms with Gasteiger partial charge in [-0.1, -0.05) is 6.07 Å². The summed E-state index contributed by atoms with van der Waals surface area (Å²) in [6, 6.07) is 6.03. The summed E-state index contributed by atoms with van der Waals surface area (Å²) in [6.07, 6.45) is 1.62. The summed E-state index contributed by atoms with van der Waals surface area (Å²) in [5, 5.41) is 5.98. The molecule has 0 saturated heterocycles. The molecule has 0 aliphatic heterocycles. The zero-order valence-electron chi connectivity index (χ0n) is 15.7. The van der Waals surface area contributed by atoms with Crippen LogP contribution in [0.25, 0.3) is 16.5 Å². The number of allylic oxidation sites excluding steroid dienone is 1. The lowest BCUT2D eigenvalue weighted by Gasteiger charge is -2.13. The Morgan fingerprint density at radius 1 is 1.31 bits per heavy atom. The van der Waals surface area contributed by atoms with Crippen LogP contribution in [-0.2, 0) is 11.3 Å². The summed E-state index contributed by atoms with van der Waals surface area (Å²) in [7, 11) is 1.64. The van der Waals surface area contributed by atoms with Gasteiger partial charge >= 0.3 is 0 Å². The largest absolute Gasteiger partial charge is 0.496 e. The van der Waals surface area contributed by atoms with Gasteiger partial charge in [-0.3, -0.25) is 4.79 Å². The fourth-order valence-electron chi connectivity index (χ4n) is 3.08. The number of carbonyl (C=O) groups excluding carboxylic acids is 1. The lowest BCUT2D eigenvalue weighted by molar-refractivity contribution is -0.116. The Bertz CT molecular complexity index is 981. The normalized spacial score (nSPS) is 11.8. The van der Waals surface area contributed by atoms with Gasteiger partial charge in [-0.05, 0) is 56.3 Å². The predicted molar refractivity (Wildman–Crippen MR) is 107 cm³/mol. The molecule has 1 N–H and O–H groups in total. The maximum atomic E-state index is 12.3. The molecule has 0 aliphatic carbocycles. The Labute approximate surface area is 157 Å². The number of thiophene rings is 1. The molecular formula is C21H23NO3S. The summed E-state index contributed by atoms with van der Waals surface area (Å²) in [5.74, 6) is 1.53. The average molecular weight is 369 g/mol. The van der Waals surface area contributed by atoms with Crippen molar-refractivity contribution >= 4 is 33.8 Å². The molecule has 136 valence electrons. The van der Waals surface area contributed by atoms with E-state index in [-0.39, 0.29) is 5.91 Å². The van der Waals surface area contributed by atoms with Crippen LogP contribution in [0, 0.1) is 20.8 Å². The minimum atomic E-state index is -0.115. The molecule has 0 spiro atoms. The third-order valence-corrected chi connectivity index (χ3v) is 5.52. The topological polar surface area (TPSA) is 51.5 Å². The van der Waals surface area contributed by atoms with Crippen LogP contribution in [0.1, 0.15) is 34.3 Å². The molecule has 5 heteroatoms. The van der Waals surface area contributed by atoms with Gasteiger partial charge in [0.25, 0.3) is 0 Å². The molecule has 1 amide bonds. The minimum Gasteiger partial charge on any atom is -0.496 e. The molecule has 26 heavy (non-hydrogen) atoms. The fourth-order valence-corrected chi connectivity index (χ4v) is 3.73. The molecule has 2 heterocycles. The molecule has 0 fully saturated rings. The lowest BCUT2D eigenvalue weighted by Crippen LogP contribution is -2.20. The first-order valence-electron chi connectivity index (χ1n) is 8.48. The first kappa shape index (κ1) is 18.3. The number of methoxy groups -OCH3 is 1. The fraction of sp³-hybridized carbons (Fsp3) is 0.286. The van der Waals surface area contributed by atoms with Gasteiger partial charge in [-0.15, -0.1) is 11.3 Å². The van der Waals surface area contributed by atoms with E-state index in [1.54, 1.807) is 24.5 Å². The van der Waals surface area contributed by atoms with E-state index in [0.29, 0.717) is 6.54 Å². The van der Waals surface area contributed by atoms with Gasteiger partial charge in [0.05, 0.1) is 13.7 Å². The quantitative estimate of drug-likeness (QED) is 0.633. The van der Waals surface area contributed by atoms with Crippen LogP contribution in [0.3, 0.4) is 0 Å². The number of hydrogen-bond donors (Lipinski definition) is 1. The van der Waals surface area contributed by atoms with E-state index in [1.807, 2.05) is 51.3 Å². The molecule has 0 saturated carbocycles. The number of ether oxygens (including phenoxy) is 1. The first-order chi connectivity index (χ1) is 12.4. The van der Waals surface area contributed by atoms with Crippen molar-refractivity contribution in [2.75, 3.05) is 7.11 Å². The van der Waals surface area contributed by atoms with Crippen LogP contribution in [0.5, 0.6) is 5.75 Å². The Morgan fingerprint density at radius 2 is 2.08 bits per heavy atom. The van der Waals surface area contributed by atoms with Gasteiger partial charge in [0.15, 0.2) is 0 Å². The predicted octanol–water partition coefficient (Wildman–Crippen LogP) is 5.15. The number of benzene rings is 1. The van der Waals surface area contributed by atoms with Crippen molar-refractivity contribution in [2.45, 2.75) is 34.2 Å². The summed E-state index contributed by atoms with van der Waals surface area (Å²) < 4.78 is 11.5. The number of carbonyl (C=O) groups is 1. The summed E-state index contributed by atoms with van der Waals surface area (Å²) in [4.78, 5) is 13.4. The highest BCUT2D eigenvalue weighted by Crippen LogP contribution is 2.38. The van der Waals surface area contributed by atoms with Crippen LogP contribution in [0.2, 0.25) is 0 Å². The van der Waals surface area contributed by atoms with Crippen molar-refractivity contribution in [1.29, 1.82) is 0 Å². The van der Waals surface area contributed by atoms with Crippen molar-refractivity contribution in [3.63, 3.8) is 0 Å². The zero-order chi connectivity index (χ0) is 18.8. The van der Waals surface area contributed by atoms with Crippen LogP contribution < -0.4 is 10.1 Å². The Hall–Kier alpha value is -2.53. The van der Waals surface area contributed by atoms with E-state index in [0.717, 1.165) is 49.6 Å². The maximum absolute atomic E-state index is 12.3. The second-order valence-corrected chi connectivity index (χ2v) is 7.40. The molecular weight excluding hydrogens is 346 g/mol. The van der Waals surface area contributed by atoms with E-state index in [1.165, 1.54) is 0 Å².